The molecule has 2 amide bonds. The van der Waals surface area contributed by atoms with Crippen molar-refractivity contribution in [3.63, 3.8) is 0 Å². The van der Waals surface area contributed by atoms with E-state index in [9.17, 15) is 9.59 Å². The number of carbonyl (C=O) groups is 2. The molecule has 0 aliphatic carbocycles. The summed E-state index contributed by atoms with van der Waals surface area (Å²) in [6.07, 6.45) is 0.347. The zero-order valence-electron chi connectivity index (χ0n) is 10.4. The molecule has 18 heavy (non-hydrogen) atoms. The number of rotatable bonds is 2. The smallest absolute Gasteiger partial charge is 0.242 e. The fraction of sp³-hybridized carbons (Fsp3) is 0.545. The maximum absolute atomic E-state index is 11.9. The Balaban J connectivity index is 2.17. The fourth-order valence-electron chi connectivity index (χ4n) is 1.94. The van der Waals surface area contributed by atoms with Gasteiger partial charge in [0.25, 0.3) is 0 Å². The summed E-state index contributed by atoms with van der Waals surface area (Å²) in [7, 11) is 1.85. The summed E-state index contributed by atoms with van der Waals surface area (Å²) in [6.45, 7) is 2.89. The Hall–Kier alpha value is -1.37. The maximum Gasteiger partial charge on any atom is 0.242 e. The van der Waals surface area contributed by atoms with Crippen molar-refractivity contribution >= 4 is 27.7 Å². The van der Waals surface area contributed by atoms with Crippen molar-refractivity contribution in [2.24, 2.45) is 7.05 Å². The van der Waals surface area contributed by atoms with Gasteiger partial charge in [-0.15, -0.1) is 0 Å². The average molecular weight is 315 g/mol. The Morgan fingerprint density at radius 3 is 2.78 bits per heavy atom. The van der Waals surface area contributed by atoms with Crippen LogP contribution in [0.5, 0.6) is 0 Å². The summed E-state index contributed by atoms with van der Waals surface area (Å²) in [5, 5.41) is 6.87. The summed E-state index contributed by atoms with van der Waals surface area (Å²) >= 11 is 3.48. The summed E-state index contributed by atoms with van der Waals surface area (Å²) in [5.74, 6) is -0.141. The molecule has 1 aliphatic rings. The number of carbonyl (C=O) groups excluding carboxylic acids is 2. The third kappa shape index (κ3) is 2.55. The number of aryl methyl sites for hydroxylation is 2. The Labute approximate surface area is 113 Å². The number of hydrogen-bond donors (Lipinski definition) is 1. The van der Waals surface area contributed by atoms with E-state index in [0.29, 0.717) is 19.5 Å². The highest BCUT2D eigenvalue weighted by Crippen LogP contribution is 2.22. The van der Waals surface area contributed by atoms with Gasteiger partial charge in [0.05, 0.1) is 29.0 Å². The molecule has 0 atom stereocenters. The predicted octanol–water partition coefficient (Wildman–Crippen LogP) is 0.340. The number of nitrogens with zero attached hydrogens (tertiary/aromatic N) is 3. The van der Waals surface area contributed by atoms with Gasteiger partial charge in [0, 0.05) is 20.0 Å². The van der Waals surface area contributed by atoms with E-state index >= 15 is 0 Å². The first-order valence-electron chi connectivity index (χ1n) is 5.71. The van der Waals surface area contributed by atoms with Gasteiger partial charge in [0.15, 0.2) is 0 Å². The number of hydrogen-bond acceptors (Lipinski definition) is 3. The second-order valence-electron chi connectivity index (χ2n) is 4.31. The standard InChI is InChI=1S/C11H15BrN4O2/c1-7-11(12)8(15(2)14-7)6-16-4-3-9(17)13-5-10(16)18/h3-6H2,1-2H3,(H,13,17). The van der Waals surface area contributed by atoms with Crippen LogP contribution >= 0.6 is 15.9 Å². The lowest BCUT2D eigenvalue weighted by Gasteiger charge is -2.19. The topological polar surface area (TPSA) is 67.2 Å². The highest BCUT2D eigenvalue weighted by atomic mass is 79.9. The quantitative estimate of drug-likeness (QED) is 0.856. The lowest BCUT2D eigenvalue weighted by Crippen LogP contribution is -2.35. The fourth-order valence-corrected chi connectivity index (χ4v) is 2.40. The van der Waals surface area contributed by atoms with E-state index in [1.807, 2.05) is 14.0 Å². The van der Waals surface area contributed by atoms with Gasteiger partial charge in [-0.3, -0.25) is 14.3 Å². The molecule has 2 heterocycles. The van der Waals surface area contributed by atoms with Gasteiger partial charge in [-0.25, -0.2) is 0 Å². The number of aromatic nitrogens is 2. The third-order valence-corrected chi connectivity index (χ3v) is 4.03. The van der Waals surface area contributed by atoms with Crippen molar-refractivity contribution in [3.8, 4) is 0 Å². The monoisotopic (exact) mass is 314 g/mol. The maximum atomic E-state index is 11.9. The van der Waals surface area contributed by atoms with Crippen LogP contribution in [0.15, 0.2) is 4.47 Å². The van der Waals surface area contributed by atoms with Gasteiger partial charge < -0.3 is 10.2 Å². The van der Waals surface area contributed by atoms with Crippen LogP contribution in [-0.2, 0) is 23.2 Å². The zero-order valence-corrected chi connectivity index (χ0v) is 12.0. The summed E-state index contributed by atoms with van der Waals surface area (Å²) in [4.78, 5) is 24.8. The van der Waals surface area contributed by atoms with Crippen LogP contribution in [0.25, 0.3) is 0 Å². The largest absolute Gasteiger partial charge is 0.347 e. The second kappa shape index (κ2) is 5.09. The highest BCUT2D eigenvalue weighted by molar-refractivity contribution is 9.10. The highest BCUT2D eigenvalue weighted by Gasteiger charge is 2.22. The molecule has 98 valence electrons. The Morgan fingerprint density at radius 2 is 2.17 bits per heavy atom. The van der Waals surface area contributed by atoms with Crippen LogP contribution in [0.4, 0.5) is 0 Å². The van der Waals surface area contributed by atoms with Gasteiger partial charge in [-0.05, 0) is 22.9 Å². The average Bonchev–Trinajstić information content (AvgIpc) is 2.48. The van der Waals surface area contributed by atoms with Gasteiger partial charge in [0.1, 0.15) is 0 Å². The number of amides is 2. The molecule has 2 rings (SSSR count). The molecular formula is C11H15BrN4O2. The lowest BCUT2D eigenvalue weighted by atomic mass is 10.3. The van der Waals surface area contributed by atoms with Crippen molar-refractivity contribution < 1.29 is 9.59 Å². The lowest BCUT2D eigenvalue weighted by molar-refractivity contribution is -0.130. The van der Waals surface area contributed by atoms with Crippen LogP contribution in [0.1, 0.15) is 17.8 Å². The van der Waals surface area contributed by atoms with E-state index in [0.717, 1.165) is 15.9 Å². The molecule has 1 aromatic heterocycles. The van der Waals surface area contributed by atoms with E-state index < -0.39 is 0 Å². The molecule has 0 spiro atoms. The predicted molar refractivity (Wildman–Crippen MR) is 68.7 cm³/mol. The SMILES string of the molecule is Cc1nn(C)c(CN2CCC(=O)NCC2=O)c1Br. The summed E-state index contributed by atoms with van der Waals surface area (Å²) < 4.78 is 2.67. The zero-order chi connectivity index (χ0) is 13.3. The minimum atomic E-state index is -0.0777. The molecule has 7 heteroatoms. The molecule has 1 aliphatic heterocycles. The van der Waals surface area contributed by atoms with Gasteiger partial charge in [0.2, 0.25) is 11.8 Å². The van der Waals surface area contributed by atoms with Crippen molar-refractivity contribution in [2.45, 2.75) is 19.9 Å². The molecular weight excluding hydrogens is 300 g/mol. The minimum absolute atomic E-state index is 0.0633. The molecule has 0 saturated carbocycles. The van der Waals surface area contributed by atoms with E-state index in [1.165, 1.54) is 0 Å². The molecule has 1 aromatic rings. The van der Waals surface area contributed by atoms with Crippen molar-refractivity contribution in [1.29, 1.82) is 0 Å². The first-order valence-corrected chi connectivity index (χ1v) is 6.50. The molecule has 0 aromatic carbocycles. The first kappa shape index (κ1) is 13.1. The third-order valence-electron chi connectivity index (χ3n) is 3.00. The van der Waals surface area contributed by atoms with E-state index in [4.69, 9.17) is 0 Å². The van der Waals surface area contributed by atoms with Crippen molar-refractivity contribution in [2.75, 3.05) is 13.1 Å². The van der Waals surface area contributed by atoms with Crippen LogP contribution in [0.2, 0.25) is 0 Å². The Morgan fingerprint density at radius 1 is 1.44 bits per heavy atom. The van der Waals surface area contributed by atoms with Crippen molar-refractivity contribution in [1.82, 2.24) is 20.0 Å². The number of nitrogens with one attached hydrogen (secondary N) is 1. The van der Waals surface area contributed by atoms with E-state index in [-0.39, 0.29) is 18.4 Å². The van der Waals surface area contributed by atoms with Crippen molar-refractivity contribution in [3.05, 3.63) is 15.9 Å². The number of halogens is 1. The normalized spacial score (nSPS) is 16.7. The van der Waals surface area contributed by atoms with E-state index in [2.05, 4.69) is 26.3 Å². The molecule has 1 saturated heterocycles. The van der Waals surface area contributed by atoms with E-state index in [1.54, 1.807) is 9.58 Å². The van der Waals surface area contributed by atoms with Gasteiger partial charge in [-0.2, -0.15) is 5.10 Å². The van der Waals surface area contributed by atoms with Crippen LogP contribution in [0.3, 0.4) is 0 Å². The minimum Gasteiger partial charge on any atom is -0.347 e. The first-order chi connectivity index (χ1) is 8.49. The molecule has 6 nitrogen and oxygen atoms in total. The summed E-state index contributed by atoms with van der Waals surface area (Å²) in [5.41, 5.74) is 1.83. The molecule has 0 unspecified atom stereocenters. The molecule has 1 fully saturated rings. The van der Waals surface area contributed by atoms with Crippen LogP contribution < -0.4 is 5.32 Å². The van der Waals surface area contributed by atoms with Crippen LogP contribution in [0, 0.1) is 6.92 Å². The molecule has 0 bridgehead atoms. The van der Waals surface area contributed by atoms with Crippen LogP contribution in [-0.4, -0.2) is 39.6 Å². The second-order valence-corrected chi connectivity index (χ2v) is 5.10. The van der Waals surface area contributed by atoms with Gasteiger partial charge in [-0.1, -0.05) is 0 Å². The Kier molecular flexibility index (Phi) is 3.70. The molecule has 0 radical (unpaired) electrons. The van der Waals surface area contributed by atoms with Gasteiger partial charge >= 0.3 is 0 Å². The molecule has 1 N–H and O–H groups in total. The Bertz CT molecular complexity index is 497. The summed E-state index contributed by atoms with van der Waals surface area (Å²) in [6, 6.07) is 0.